The van der Waals surface area contributed by atoms with Crippen LogP contribution in [0.5, 0.6) is 0 Å². The average molecular weight is 976 g/mol. The molecule has 1 saturated carbocycles. The Morgan fingerprint density at radius 1 is 0.493 bits per heavy atom. The van der Waals surface area contributed by atoms with Crippen molar-refractivity contribution in [1.82, 2.24) is 5.32 Å². The van der Waals surface area contributed by atoms with Gasteiger partial charge in [0.25, 0.3) is 0 Å². The van der Waals surface area contributed by atoms with E-state index in [1.807, 2.05) is 6.08 Å². The second-order valence-corrected chi connectivity index (χ2v) is 21.6. The SMILES string of the molecule is CCCCCCCCCCCCCC/C=C/[C@@H](O)[C@H](COP(=O)(O)OC1C(O)C(O)C(O)[C@@H](O)C1O)NC(=O)CCCCCCCCCCCCCCCCCCCCCCCCCCCC. The number of unbranched alkanes of at least 4 members (excludes halogenated alkanes) is 37. The van der Waals surface area contributed by atoms with Gasteiger partial charge in [-0.25, -0.2) is 4.57 Å². The van der Waals surface area contributed by atoms with Gasteiger partial charge >= 0.3 is 7.82 Å². The lowest BCUT2D eigenvalue weighted by molar-refractivity contribution is -0.220. The first-order chi connectivity index (χ1) is 32.4. The van der Waals surface area contributed by atoms with Crippen molar-refractivity contribution in [3.05, 3.63) is 12.2 Å². The number of allylic oxidation sites excluding steroid dienone is 1. The Morgan fingerprint density at radius 2 is 0.791 bits per heavy atom. The largest absolute Gasteiger partial charge is 0.472 e. The van der Waals surface area contributed by atoms with Crippen LogP contribution in [0, 0.1) is 0 Å². The van der Waals surface area contributed by atoms with Crippen LogP contribution in [0.3, 0.4) is 0 Å². The van der Waals surface area contributed by atoms with Gasteiger partial charge in [0.05, 0.1) is 18.8 Å². The highest BCUT2D eigenvalue weighted by Gasteiger charge is 2.51. The normalized spacial score (nSPS) is 21.7. The molecule has 1 aliphatic rings. The van der Waals surface area contributed by atoms with Crippen molar-refractivity contribution >= 4 is 13.7 Å². The standard InChI is InChI=1S/C54H106NO11P/c1-3-5-7-9-11-13-15-17-19-20-21-22-23-24-25-26-27-28-29-30-32-34-36-38-40-42-44-48(57)55-46(45-65-67(63,64)66-54-52(61)50(59)49(58)51(60)53(54)62)47(56)43-41-39-37-35-33-31-18-16-14-12-10-8-6-4-2/h41,43,46-47,49-54,56,58-62H,3-40,42,44-45H2,1-2H3,(H,55,57)(H,63,64)/b43-41+/t46-,47+,49?,50+,51?,52?,53?,54?/m0/s1. The molecule has 0 aromatic heterocycles. The molecule has 0 saturated heterocycles. The van der Waals surface area contributed by atoms with Crippen LogP contribution >= 0.6 is 7.82 Å². The van der Waals surface area contributed by atoms with Crippen LogP contribution in [0.1, 0.15) is 271 Å². The lowest BCUT2D eigenvalue weighted by atomic mass is 9.85. The monoisotopic (exact) mass is 976 g/mol. The second kappa shape index (κ2) is 43.8. The van der Waals surface area contributed by atoms with E-state index in [9.17, 15) is 44.9 Å². The maximum Gasteiger partial charge on any atom is 0.472 e. The third-order valence-corrected chi connectivity index (χ3v) is 14.8. The number of carbonyl (C=O) groups is 1. The highest BCUT2D eigenvalue weighted by Crippen LogP contribution is 2.47. The smallest absolute Gasteiger partial charge is 0.387 e. The predicted octanol–water partition coefficient (Wildman–Crippen LogP) is 12.4. The zero-order chi connectivity index (χ0) is 49.2. The number of nitrogens with one attached hydrogen (secondary N) is 1. The Kier molecular flexibility index (Phi) is 41.9. The van der Waals surface area contributed by atoms with E-state index in [0.29, 0.717) is 6.42 Å². The van der Waals surface area contributed by atoms with Crippen molar-refractivity contribution in [1.29, 1.82) is 0 Å². The highest BCUT2D eigenvalue weighted by atomic mass is 31.2. The molecule has 0 aromatic rings. The minimum absolute atomic E-state index is 0.219. The molecule has 9 atom stereocenters. The molecule has 0 heterocycles. The van der Waals surface area contributed by atoms with Crippen molar-refractivity contribution in [2.24, 2.45) is 0 Å². The maximum atomic E-state index is 13.0. The Labute approximate surface area is 409 Å². The number of aliphatic hydroxyl groups is 6. The van der Waals surface area contributed by atoms with Gasteiger partial charge in [-0.2, -0.15) is 0 Å². The number of aliphatic hydroxyl groups excluding tert-OH is 6. The fourth-order valence-electron chi connectivity index (χ4n) is 9.26. The van der Waals surface area contributed by atoms with Gasteiger partial charge in [-0.05, 0) is 19.3 Å². The summed E-state index contributed by atoms with van der Waals surface area (Å²) in [4.78, 5) is 23.5. The Morgan fingerprint density at radius 3 is 1.13 bits per heavy atom. The zero-order valence-electron chi connectivity index (χ0n) is 43.0. The minimum atomic E-state index is -5.08. The molecule has 8 N–H and O–H groups in total. The minimum Gasteiger partial charge on any atom is -0.387 e. The van der Waals surface area contributed by atoms with Crippen LogP contribution in [-0.2, 0) is 18.4 Å². The number of carbonyl (C=O) groups excluding carboxylic acids is 1. The van der Waals surface area contributed by atoms with Gasteiger partial charge in [0.15, 0.2) is 0 Å². The first kappa shape index (κ1) is 64.1. The summed E-state index contributed by atoms with van der Waals surface area (Å²) < 4.78 is 23.0. The lowest BCUT2D eigenvalue weighted by Crippen LogP contribution is -2.64. The Hall–Kier alpha value is -0.920. The molecule has 0 aliphatic heterocycles. The summed E-state index contributed by atoms with van der Waals surface area (Å²) in [7, 11) is -5.08. The average Bonchev–Trinajstić information content (AvgIpc) is 3.31. The number of hydrogen-bond donors (Lipinski definition) is 8. The first-order valence-electron chi connectivity index (χ1n) is 28.1. The molecule has 0 radical (unpaired) electrons. The maximum absolute atomic E-state index is 13.0. The number of amides is 1. The van der Waals surface area contributed by atoms with E-state index in [0.717, 1.165) is 44.9 Å². The van der Waals surface area contributed by atoms with Gasteiger partial charge < -0.3 is 40.8 Å². The molecule has 67 heavy (non-hydrogen) atoms. The molecule has 1 aliphatic carbocycles. The Balaban J connectivity index is 2.30. The molecular formula is C54H106NO11P. The van der Waals surface area contributed by atoms with Crippen molar-refractivity contribution in [3.63, 3.8) is 0 Å². The molecule has 1 fully saturated rings. The molecule has 1 rings (SSSR count). The van der Waals surface area contributed by atoms with E-state index in [4.69, 9.17) is 9.05 Å². The van der Waals surface area contributed by atoms with Crippen molar-refractivity contribution in [3.8, 4) is 0 Å². The van der Waals surface area contributed by atoms with E-state index >= 15 is 0 Å². The lowest BCUT2D eigenvalue weighted by Gasteiger charge is -2.41. The molecule has 12 nitrogen and oxygen atoms in total. The summed E-state index contributed by atoms with van der Waals surface area (Å²) in [5.41, 5.74) is 0. The van der Waals surface area contributed by atoms with Crippen LogP contribution in [0.2, 0.25) is 0 Å². The quantitative estimate of drug-likeness (QED) is 0.0164. The van der Waals surface area contributed by atoms with Gasteiger partial charge in [0.2, 0.25) is 5.91 Å². The van der Waals surface area contributed by atoms with Crippen LogP contribution < -0.4 is 5.32 Å². The summed E-state index contributed by atoms with van der Waals surface area (Å²) in [6, 6.07) is -1.11. The molecule has 0 bridgehead atoms. The summed E-state index contributed by atoms with van der Waals surface area (Å²) in [5, 5.41) is 64.2. The molecule has 0 spiro atoms. The van der Waals surface area contributed by atoms with Gasteiger partial charge in [0, 0.05) is 6.42 Å². The molecule has 0 aromatic carbocycles. The van der Waals surface area contributed by atoms with E-state index in [-0.39, 0.29) is 12.3 Å². The number of rotatable bonds is 48. The fourth-order valence-corrected chi connectivity index (χ4v) is 10.2. The van der Waals surface area contributed by atoms with Gasteiger partial charge in [-0.15, -0.1) is 0 Å². The molecule has 13 heteroatoms. The molecule has 1 amide bonds. The van der Waals surface area contributed by atoms with Crippen LogP contribution in [0.4, 0.5) is 0 Å². The van der Waals surface area contributed by atoms with Crippen LogP contribution in [0.25, 0.3) is 0 Å². The number of phosphoric acid groups is 1. The van der Waals surface area contributed by atoms with Gasteiger partial charge in [-0.1, -0.05) is 257 Å². The summed E-state index contributed by atoms with van der Waals surface area (Å²) >= 11 is 0. The molecule has 398 valence electrons. The second-order valence-electron chi connectivity index (χ2n) is 20.1. The predicted molar refractivity (Wildman–Crippen MR) is 274 cm³/mol. The summed E-state index contributed by atoms with van der Waals surface area (Å²) in [5.74, 6) is -0.335. The van der Waals surface area contributed by atoms with E-state index in [2.05, 4.69) is 19.2 Å². The third kappa shape index (κ3) is 34.9. The number of hydrogen-bond acceptors (Lipinski definition) is 10. The van der Waals surface area contributed by atoms with Crippen LogP contribution in [-0.4, -0.2) is 96.8 Å². The first-order valence-corrected chi connectivity index (χ1v) is 29.6. The van der Waals surface area contributed by atoms with Crippen molar-refractivity contribution < 1.29 is 53.9 Å². The highest BCUT2D eigenvalue weighted by molar-refractivity contribution is 7.47. The number of phosphoric ester groups is 1. The molecular weight excluding hydrogens is 870 g/mol. The summed E-state index contributed by atoms with van der Waals surface area (Å²) in [6.45, 7) is 3.88. The van der Waals surface area contributed by atoms with Gasteiger partial charge in [0.1, 0.15) is 36.6 Å². The van der Waals surface area contributed by atoms with Gasteiger partial charge in [-0.3, -0.25) is 13.8 Å². The fraction of sp³-hybridized carbons (Fsp3) is 0.944. The third-order valence-electron chi connectivity index (χ3n) is 13.8. The van der Waals surface area contributed by atoms with E-state index in [1.54, 1.807) is 6.08 Å². The zero-order valence-corrected chi connectivity index (χ0v) is 43.9. The van der Waals surface area contributed by atoms with Crippen molar-refractivity contribution in [2.45, 2.75) is 319 Å². The van der Waals surface area contributed by atoms with E-state index in [1.165, 1.54) is 199 Å². The van der Waals surface area contributed by atoms with Crippen molar-refractivity contribution in [2.75, 3.05) is 6.61 Å². The van der Waals surface area contributed by atoms with E-state index < -0.39 is 63.2 Å². The molecule has 6 unspecified atom stereocenters. The Bertz CT molecular complexity index is 1180. The topological polar surface area (TPSA) is 206 Å². The summed E-state index contributed by atoms with van der Waals surface area (Å²) in [6.07, 6.45) is 40.1. The van der Waals surface area contributed by atoms with Crippen LogP contribution in [0.15, 0.2) is 12.2 Å².